The van der Waals surface area contributed by atoms with Gasteiger partial charge in [0, 0.05) is 17.8 Å². The Hall–Kier alpha value is -2.14. The summed E-state index contributed by atoms with van der Waals surface area (Å²) < 4.78 is 1.94. The summed E-state index contributed by atoms with van der Waals surface area (Å²) in [7, 11) is 0. The van der Waals surface area contributed by atoms with E-state index in [4.69, 9.17) is 0 Å². The molecule has 1 aromatic heterocycles. The highest BCUT2D eigenvalue weighted by molar-refractivity contribution is 5.94. The molecule has 2 aromatic rings. The number of aromatic nitrogens is 2. The zero-order chi connectivity index (χ0) is 18.0. The number of aliphatic hydroxyl groups excluding tert-OH is 1. The molecule has 2 N–H and O–H groups in total. The van der Waals surface area contributed by atoms with E-state index in [1.807, 2.05) is 36.7 Å². The number of nitrogens with one attached hydrogen (secondary N) is 1. The van der Waals surface area contributed by atoms with E-state index >= 15 is 0 Å². The van der Waals surface area contributed by atoms with Crippen molar-refractivity contribution in [2.45, 2.75) is 52.6 Å². The second kappa shape index (κ2) is 7.40. The molecule has 5 heteroatoms. The van der Waals surface area contributed by atoms with Gasteiger partial charge < -0.3 is 10.4 Å². The number of rotatable bonds is 6. The molecule has 3 rings (SSSR count). The molecule has 1 heterocycles. The molecule has 0 aliphatic heterocycles. The number of benzene rings is 1. The smallest absolute Gasteiger partial charge is 0.272 e. The summed E-state index contributed by atoms with van der Waals surface area (Å²) in [5.41, 5.74) is 4.95. The number of fused-ring (bicyclic) bond motifs is 1. The Morgan fingerprint density at radius 1 is 1.32 bits per heavy atom. The van der Waals surface area contributed by atoms with Crippen molar-refractivity contribution < 1.29 is 9.90 Å². The van der Waals surface area contributed by atoms with Gasteiger partial charge in [-0.2, -0.15) is 5.10 Å². The van der Waals surface area contributed by atoms with Gasteiger partial charge in [-0.3, -0.25) is 4.79 Å². The van der Waals surface area contributed by atoms with E-state index in [1.54, 1.807) is 0 Å². The molecule has 25 heavy (non-hydrogen) atoms. The summed E-state index contributed by atoms with van der Waals surface area (Å²) in [5, 5.41) is 17.4. The van der Waals surface area contributed by atoms with Crippen molar-refractivity contribution in [3.05, 3.63) is 46.8 Å². The van der Waals surface area contributed by atoms with Crippen molar-refractivity contribution in [2.24, 2.45) is 5.92 Å². The second-order valence-corrected chi connectivity index (χ2v) is 7.18. The minimum Gasteiger partial charge on any atom is -0.393 e. The molecule has 5 nitrogen and oxygen atoms in total. The maximum atomic E-state index is 12.6. The summed E-state index contributed by atoms with van der Waals surface area (Å²) in [5.74, 6) is 0.0582. The Morgan fingerprint density at radius 2 is 2.08 bits per heavy atom. The van der Waals surface area contributed by atoms with E-state index in [0.29, 0.717) is 18.7 Å². The van der Waals surface area contributed by atoms with Gasteiger partial charge in [0.25, 0.3) is 5.91 Å². The molecule has 134 valence electrons. The fraction of sp³-hybridized carbons (Fsp3) is 0.500. The zero-order valence-corrected chi connectivity index (χ0v) is 15.2. The van der Waals surface area contributed by atoms with Crippen molar-refractivity contribution in [1.29, 1.82) is 0 Å². The van der Waals surface area contributed by atoms with Gasteiger partial charge in [-0.15, -0.1) is 0 Å². The Morgan fingerprint density at radius 3 is 2.80 bits per heavy atom. The van der Waals surface area contributed by atoms with Crippen molar-refractivity contribution in [1.82, 2.24) is 15.1 Å². The molecule has 1 aliphatic rings. The van der Waals surface area contributed by atoms with Crippen LogP contribution in [-0.4, -0.2) is 33.4 Å². The first kappa shape index (κ1) is 17.7. The second-order valence-electron chi connectivity index (χ2n) is 7.18. The van der Waals surface area contributed by atoms with Gasteiger partial charge in [0.2, 0.25) is 0 Å². The topological polar surface area (TPSA) is 67.2 Å². The van der Waals surface area contributed by atoms with Crippen LogP contribution in [0.4, 0.5) is 0 Å². The predicted molar refractivity (Wildman–Crippen MR) is 98.1 cm³/mol. The van der Waals surface area contributed by atoms with E-state index in [2.05, 4.69) is 23.4 Å². The van der Waals surface area contributed by atoms with E-state index in [9.17, 15) is 9.90 Å². The van der Waals surface area contributed by atoms with Crippen LogP contribution in [0.2, 0.25) is 0 Å². The number of aryl methyl sites for hydroxylation is 1. The van der Waals surface area contributed by atoms with Crippen molar-refractivity contribution in [3.8, 4) is 5.69 Å². The van der Waals surface area contributed by atoms with Gasteiger partial charge in [0.1, 0.15) is 0 Å². The molecule has 0 saturated carbocycles. The lowest BCUT2D eigenvalue weighted by Crippen LogP contribution is -2.29. The molecular formula is C20H27N3O2. The van der Waals surface area contributed by atoms with Crippen molar-refractivity contribution in [3.63, 3.8) is 0 Å². The van der Waals surface area contributed by atoms with E-state index in [0.717, 1.165) is 41.8 Å². The first-order valence-electron chi connectivity index (χ1n) is 9.12. The fourth-order valence-electron chi connectivity index (χ4n) is 3.37. The van der Waals surface area contributed by atoms with Crippen molar-refractivity contribution in [2.75, 3.05) is 6.54 Å². The Kier molecular flexibility index (Phi) is 5.23. The minimum atomic E-state index is -0.393. The molecule has 0 radical (unpaired) electrons. The summed E-state index contributed by atoms with van der Waals surface area (Å²) in [6.45, 7) is 6.47. The Bertz CT molecular complexity index is 764. The van der Waals surface area contributed by atoms with E-state index in [-0.39, 0.29) is 11.8 Å². The summed E-state index contributed by atoms with van der Waals surface area (Å²) >= 11 is 0. The maximum Gasteiger partial charge on any atom is 0.272 e. The third kappa shape index (κ3) is 3.61. The monoisotopic (exact) mass is 341 g/mol. The Balaban J connectivity index is 1.80. The van der Waals surface area contributed by atoms with Crippen LogP contribution in [0.3, 0.4) is 0 Å². The molecule has 1 amide bonds. The van der Waals surface area contributed by atoms with Crippen LogP contribution in [-0.2, 0) is 12.8 Å². The molecule has 0 spiro atoms. The van der Waals surface area contributed by atoms with Crippen LogP contribution in [0, 0.1) is 12.8 Å². The minimum absolute atomic E-state index is 0.138. The average molecular weight is 341 g/mol. The van der Waals surface area contributed by atoms with Crippen LogP contribution in [0.1, 0.15) is 54.0 Å². The highest BCUT2D eigenvalue weighted by atomic mass is 16.3. The van der Waals surface area contributed by atoms with Crippen LogP contribution in [0.15, 0.2) is 24.3 Å². The number of amides is 1. The largest absolute Gasteiger partial charge is 0.393 e. The highest BCUT2D eigenvalue weighted by Crippen LogP contribution is 2.28. The standard InChI is InChI=1S/C20H27N3O2/c1-13(2)18(24)11-12-21-20(25)19-15-8-6-10-17(15)23(22-19)16-9-5-4-7-14(16)3/h4-5,7,9,13,18,24H,6,8,10-12H2,1-3H3,(H,21,25). The lowest BCUT2D eigenvalue weighted by molar-refractivity contribution is 0.0914. The lowest BCUT2D eigenvalue weighted by atomic mass is 10.0. The molecule has 1 atom stereocenters. The van der Waals surface area contributed by atoms with Gasteiger partial charge in [0.15, 0.2) is 5.69 Å². The summed E-state index contributed by atoms with van der Waals surface area (Å²) in [6.07, 6.45) is 3.08. The SMILES string of the molecule is Cc1ccccc1-n1nc(C(=O)NCCC(O)C(C)C)c2c1CCC2. The quantitative estimate of drug-likeness (QED) is 0.849. The van der Waals surface area contributed by atoms with Gasteiger partial charge in [-0.25, -0.2) is 4.68 Å². The summed E-state index contributed by atoms with van der Waals surface area (Å²) in [6, 6.07) is 8.11. The molecule has 1 aromatic carbocycles. The Labute approximate surface area is 149 Å². The molecular weight excluding hydrogens is 314 g/mol. The van der Waals surface area contributed by atoms with Crippen LogP contribution in [0.5, 0.6) is 0 Å². The maximum absolute atomic E-state index is 12.6. The van der Waals surface area contributed by atoms with Gasteiger partial charge >= 0.3 is 0 Å². The molecule has 0 bridgehead atoms. The van der Waals surface area contributed by atoms with E-state index in [1.165, 1.54) is 0 Å². The van der Waals surface area contributed by atoms with Crippen LogP contribution < -0.4 is 5.32 Å². The van der Waals surface area contributed by atoms with Gasteiger partial charge in [0.05, 0.1) is 11.8 Å². The third-order valence-corrected chi connectivity index (χ3v) is 4.98. The lowest BCUT2D eigenvalue weighted by Gasteiger charge is -2.14. The van der Waals surface area contributed by atoms with Crippen LogP contribution in [0.25, 0.3) is 5.69 Å². The average Bonchev–Trinajstić information content (AvgIpc) is 3.17. The first-order valence-corrected chi connectivity index (χ1v) is 9.12. The third-order valence-electron chi connectivity index (χ3n) is 4.98. The van der Waals surface area contributed by atoms with Crippen molar-refractivity contribution >= 4 is 5.91 Å². The fourth-order valence-corrected chi connectivity index (χ4v) is 3.37. The molecule has 1 aliphatic carbocycles. The summed E-state index contributed by atoms with van der Waals surface area (Å²) in [4.78, 5) is 12.6. The number of hydrogen-bond donors (Lipinski definition) is 2. The number of carbonyl (C=O) groups is 1. The number of nitrogens with zero attached hydrogens (tertiary/aromatic N) is 2. The van der Waals surface area contributed by atoms with Crippen LogP contribution >= 0.6 is 0 Å². The van der Waals surface area contributed by atoms with Gasteiger partial charge in [-0.05, 0) is 50.2 Å². The number of hydrogen-bond acceptors (Lipinski definition) is 3. The molecule has 0 fully saturated rings. The normalized spacial score (nSPS) is 14.6. The van der Waals surface area contributed by atoms with E-state index < -0.39 is 6.10 Å². The predicted octanol–water partition coefficient (Wildman–Crippen LogP) is 2.81. The number of aliphatic hydroxyl groups is 1. The number of carbonyl (C=O) groups excluding carboxylic acids is 1. The molecule has 1 unspecified atom stereocenters. The number of para-hydroxylation sites is 1. The highest BCUT2D eigenvalue weighted by Gasteiger charge is 2.27. The zero-order valence-electron chi connectivity index (χ0n) is 15.2. The molecule has 0 saturated heterocycles. The first-order chi connectivity index (χ1) is 12.0. The van der Waals surface area contributed by atoms with Gasteiger partial charge in [-0.1, -0.05) is 32.0 Å².